The van der Waals surface area contributed by atoms with E-state index < -0.39 is 18.1 Å². The number of aliphatic hydroxyl groups excluding tert-OH is 1. The molecule has 4 rings (SSSR count). The minimum atomic E-state index is -5.19. The summed E-state index contributed by atoms with van der Waals surface area (Å²) in [5.74, 6) is -2.60. The minimum Gasteiger partial charge on any atom is -0.542 e. The molecule has 3 aromatic heterocycles. The molecule has 0 bridgehead atoms. The zero-order valence-corrected chi connectivity index (χ0v) is 19.2. The van der Waals surface area contributed by atoms with Crippen LogP contribution in [-0.4, -0.2) is 75.9 Å². The van der Waals surface area contributed by atoms with E-state index in [1.807, 2.05) is 18.2 Å². The van der Waals surface area contributed by atoms with Gasteiger partial charge in [-0.25, -0.2) is 4.98 Å². The summed E-state index contributed by atoms with van der Waals surface area (Å²) < 4.78 is 43.5. The third kappa shape index (κ3) is 6.57. The van der Waals surface area contributed by atoms with Crippen molar-refractivity contribution in [2.75, 3.05) is 32.6 Å². The third-order valence-electron chi connectivity index (χ3n) is 5.15. The van der Waals surface area contributed by atoms with Gasteiger partial charge < -0.3 is 29.4 Å². The van der Waals surface area contributed by atoms with Gasteiger partial charge in [0.15, 0.2) is 0 Å². The number of likely N-dealkylation sites (tertiary alicyclic amines) is 1. The highest BCUT2D eigenvalue weighted by atomic mass is 19.4. The van der Waals surface area contributed by atoms with E-state index in [2.05, 4.69) is 20.3 Å². The summed E-state index contributed by atoms with van der Waals surface area (Å²) >= 11 is 0. The van der Waals surface area contributed by atoms with Crippen molar-refractivity contribution < 1.29 is 47.3 Å². The molecular weight excluding hydrogens is 489 g/mol. The average Bonchev–Trinajstić information content (AvgIpc) is 3.42. The zero-order valence-electron chi connectivity index (χ0n) is 19.2. The molecule has 36 heavy (non-hydrogen) atoms. The Morgan fingerprint density at radius 3 is 2.39 bits per heavy atom. The topological polar surface area (TPSA) is 155 Å². The highest BCUT2D eigenvalue weighted by Gasteiger charge is 2.29. The van der Waals surface area contributed by atoms with Crippen LogP contribution in [0.4, 0.5) is 19.1 Å². The van der Waals surface area contributed by atoms with Gasteiger partial charge in [-0.3, -0.25) is 14.5 Å². The van der Waals surface area contributed by atoms with Crippen LogP contribution in [-0.2, 0) is 11.3 Å². The smallest absolute Gasteiger partial charge is 0.430 e. The first-order valence-electron chi connectivity index (χ1n) is 10.6. The van der Waals surface area contributed by atoms with E-state index >= 15 is 0 Å². The highest BCUT2D eigenvalue weighted by Crippen LogP contribution is 2.19. The third-order valence-corrected chi connectivity index (χ3v) is 5.15. The molecule has 2 atom stereocenters. The maximum atomic E-state index is 12.9. The number of carboxylic acid groups (broad SMARTS) is 1. The average molecular weight is 512 g/mol. The number of carboxylic acids is 1. The molecule has 3 aromatic rings. The summed E-state index contributed by atoms with van der Waals surface area (Å²) in [4.78, 5) is 35.8. The number of aliphatic carboxylic acids is 1. The van der Waals surface area contributed by atoms with Gasteiger partial charge in [-0.1, -0.05) is 6.07 Å². The fourth-order valence-corrected chi connectivity index (χ4v) is 3.52. The van der Waals surface area contributed by atoms with Crippen molar-refractivity contribution in [3.8, 4) is 11.8 Å². The van der Waals surface area contributed by atoms with Gasteiger partial charge >= 0.3 is 6.18 Å². The van der Waals surface area contributed by atoms with Crippen LogP contribution in [0.5, 0.6) is 11.8 Å². The predicted octanol–water partition coefficient (Wildman–Crippen LogP) is -1.16. The van der Waals surface area contributed by atoms with Crippen LogP contribution in [0.15, 0.2) is 30.5 Å². The predicted molar refractivity (Wildman–Crippen MR) is 114 cm³/mol. The molecular formula is C21H23F3N6O6. The number of halogens is 3. The van der Waals surface area contributed by atoms with E-state index in [-0.39, 0.29) is 29.6 Å². The lowest BCUT2D eigenvalue weighted by atomic mass is 10.3. The zero-order chi connectivity index (χ0) is 26.5. The fraction of sp³-hybridized carbons (Fsp3) is 0.381. The number of carbonyl (C=O) groups excluding carboxylic acids is 2. The number of carbonyl (C=O) groups is 2. The summed E-state index contributed by atoms with van der Waals surface area (Å²) in [7, 11) is 2.94. The number of aromatic nitrogens is 4. The van der Waals surface area contributed by atoms with Crippen molar-refractivity contribution in [3.05, 3.63) is 42.0 Å². The molecule has 1 saturated heterocycles. The second-order valence-corrected chi connectivity index (χ2v) is 7.68. The van der Waals surface area contributed by atoms with Crippen molar-refractivity contribution >= 4 is 23.3 Å². The Balaban J connectivity index is 0.000000454. The number of anilines is 1. The van der Waals surface area contributed by atoms with Gasteiger partial charge in [0.05, 0.1) is 32.3 Å². The molecule has 1 fully saturated rings. The maximum Gasteiger partial charge on any atom is 0.430 e. The SMILES string of the molecule is COc1cc(OC)nc(NC(=O)c2nc(C[NH+]3CCC(O)C3)c3ccccn23)n1.O=C([O-])C(F)(F)F. The molecule has 4 heterocycles. The second-order valence-electron chi connectivity index (χ2n) is 7.68. The fourth-order valence-electron chi connectivity index (χ4n) is 3.52. The normalized spacial score (nSPS) is 17.3. The van der Waals surface area contributed by atoms with Gasteiger partial charge in [0, 0.05) is 12.6 Å². The van der Waals surface area contributed by atoms with E-state index in [9.17, 15) is 23.1 Å². The summed E-state index contributed by atoms with van der Waals surface area (Å²) in [6.45, 7) is 2.21. The van der Waals surface area contributed by atoms with Crippen LogP contribution in [0.2, 0.25) is 0 Å². The molecule has 15 heteroatoms. The Labute approximate surface area is 202 Å². The molecule has 2 unspecified atom stereocenters. The Kier molecular flexibility index (Phi) is 8.26. The van der Waals surface area contributed by atoms with Crippen LogP contribution < -0.4 is 24.8 Å². The number of alkyl halides is 3. The maximum absolute atomic E-state index is 12.9. The molecule has 0 spiro atoms. The lowest BCUT2D eigenvalue weighted by Crippen LogP contribution is -3.09. The molecule has 0 saturated carbocycles. The van der Waals surface area contributed by atoms with Gasteiger partial charge in [-0.15, -0.1) is 0 Å². The Morgan fingerprint density at radius 1 is 1.22 bits per heavy atom. The number of quaternary nitrogens is 1. The summed E-state index contributed by atoms with van der Waals surface area (Å²) in [6, 6.07) is 7.20. The van der Waals surface area contributed by atoms with Crippen molar-refractivity contribution in [1.82, 2.24) is 19.4 Å². The number of hydrogen-bond acceptors (Lipinski definition) is 9. The molecule has 0 aliphatic carbocycles. The number of nitrogens with one attached hydrogen (secondary N) is 2. The monoisotopic (exact) mass is 512 g/mol. The molecule has 3 N–H and O–H groups in total. The largest absolute Gasteiger partial charge is 0.542 e. The first-order valence-corrected chi connectivity index (χ1v) is 10.6. The standard InChI is InChI=1S/C19H22N6O4.C2HF3O2/c1-28-15-9-16(29-2)22-19(21-15)23-18(27)17-20-13(11-24-8-6-12(26)10-24)14-5-3-4-7-25(14)17;3-2(4,5)1(6)7/h3-5,7,9,12,26H,6,8,10-11H2,1-2H3,(H,21,22,23,27);(H,6,7). The highest BCUT2D eigenvalue weighted by molar-refractivity contribution is 6.01. The second kappa shape index (κ2) is 11.2. The van der Waals surface area contributed by atoms with E-state index in [1.165, 1.54) is 25.2 Å². The van der Waals surface area contributed by atoms with Crippen LogP contribution in [0.25, 0.3) is 5.52 Å². The number of rotatable bonds is 6. The Hall–Kier alpha value is -3.98. The van der Waals surface area contributed by atoms with Gasteiger partial charge in [-0.2, -0.15) is 23.1 Å². The van der Waals surface area contributed by atoms with Gasteiger partial charge in [-0.05, 0) is 12.1 Å². The molecule has 1 aliphatic rings. The Bertz CT molecular complexity index is 1210. The summed E-state index contributed by atoms with van der Waals surface area (Å²) in [6.07, 6.45) is -2.90. The minimum absolute atomic E-state index is 0.0636. The lowest BCUT2D eigenvalue weighted by Gasteiger charge is -2.10. The van der Waals surface area contributed by atoms with E-state index in [0.29, 0.717) is 13.1 Å². The van der Waals surface area contributed by atoms with Crippen LogP contribution in [0, 0.1) is 0 Å². The quantitative estimate of drug-likeness (QED) is 0.371. The molecule has 0 aromatic carbocycles. The van der Waals surface area contributed by atoms with Crippen molar-refractivity contribution in [2.45, 2.75) is 25.2 Å². The summed E-state index contributed by atoms with van der Waals surface area (Å²) in [5, 5.41) is 21.2. The number of amides is 1. The molecule has 12 nitrogen and oxygen atoms in total. The van der Waals surface area contributed by atoms with Gasteiger partial charge in [0.2, 0.25) is 23.5 Å². The van der Waals surface area contributed by atoms with Crippen LogP contribution in [0.1, 0.15) is 22.7 Å². The number of hydrogen-bond donors (Lipinski definition) is 3. The van der Waals surface area contributed by atoms with Gasteiger partial charge in [0.1, 0.15) is 30.9 Å². The number of fused-ring (bicyclic) bond motifs is 1. The number of aliphatic hydroxyl groups is 1. The van der Waals surface area contributed by atoms with Gasteiger partial charge in [0.25, 0.3) is 5.91 Å². The van der Waals surface area contributed by atoms with Crippen molar-refractivity contribution in [1.29, 1.82) is 0 Å². The van der Waals surface area contributed by atoms with Crippen molar-refractivity contribution in [2.24, 2.45) is 0 Å². The number of nitrogens with zero attached hydrogens (tertiary/aromatic N) is 4. The lowest BCUT2D eigenvalue weighted by molar-refractivity contribution is -0.902. The van der Waals surface area contributed by atoms with Crippen molar-refractivity contribution in [3.63, 3.8) is 0 Å². The summed E-state index contributed by atoms with van der Waals surface area (Å²) in [5.41, 5.74) is 1.67. The Morgan fingerprint density at radius 2 is 1.86 bits per heavy atom. The molecule has 0 radical (unpaired) electrons. The molecule has 194 valence electrons. The number of ether oxygens (including phenoxy) is 2. The molecule has 1 aliphatic heterocycles. The molecule has 1 amide bonds. The number of methoxy groups -OCH3 is 2. The van der Waals surface area contributed by atoms with E-state index in [4.69, 9.17) is 19.4 Å². The first-order chi connectivity index (χ1) is 17.0. The first kappa shape index (κ1) is 26.6. The number of pyridine rings is 1. The van der Waals surface area contributed by atoms with Crippen LogP contribution in [0.3, 0.4) is 0 Å². The van der Waals surface area contributed by atoms with Crippen LogP contribution >= 0.6 is 0 Å². The van der Waals surface area contributed by atoms with E-state index in [1.54, 1.807) is 10.6 Å². The van der Waals surface area contributed by atoms with E-state index in [0.717, 1.165) is 24.2 Å². The number of imidazole rings is 1.